The Kier molecular flexibility index (Phi) is 4.28. The number of fused-ring (bicyclic) bond motifs is 1. The summed E-state index contributed by atoms with van der Waals surface area (Å²) in [4.78, 5) is 22.2. The smallest absolute Gasteiger partial charge is 0.235 e. The summed E-state index contributed by atoms with van der Waals surface area (Å²) in [6, 6.07) is 17.4. The number of benzene rings is 2. The second-order valence-electron chi connectivity index (χ2n) is 7.65. The molecule has 6 heteroatoms. The summed E-state index contributed by atoms with van der Waals surface area (Å²) in [5, 5.41) is 3.11. The highest BCUT2D eigenvalue weighted by atomic mass is 16.5. The molecule has 1 saturated carbocycles. The van der Waals surface area contributed by atoms with Crippen LogP contribution in [-0.2, 0) is 10.2 Å². The Balaban J connectivity index is 1.45. The number of nitrogens with zero attached hydrogens (tertiary/aromatic N) is 3. The van der Waals surface area contributed by atoms with Crippen LogP contribution in [0.4, 0.5) is 5.69 Å². The molecule has 2 heterocycles. The molecule has 0 atom stereocenters. The Morgan fingerprint density at radius 1 is 1.13 bits per heavy atom. The van der Waals surface area contributed by atoms with Crippen molar-refractivity contribution in [2.45, 2.75) is 25.2 Å². The first-order valence-corrected chi connectivity index (χ1v) is 9.97. The monoisotopic (exact) mass is 398 g/mol. The maximum atomic E-state index is 13.2. The molecule has 4 aromatic rings. The van der Waals surface area contributed by atoms with Crippen molar-refractivity contribution in [3.63, 3.8) is 0 Å². The summed E-state index contributed by atoms with van der Waals surface area (Å²) in [5.41, 5.74) is 3.99. The van der Waals surface area contributed by atoms with Gasteiger partial charge in [-0.3, -0.25) is 9.20 Å². The lowest BCUT2D eigenvalue weighted by Gasteiger charge is -2.18. The zero-order valence-electron chi connectivity index (χ0n) is 16.9. The van der Waals surface area contributed by atoms with E-state index in [9.17, 15) is 4.79 Å². The van der Waals surface area contributed by atoms with E-state index in [0.29, 0.717) is 5.78 Å². The largest absolute Gasteiger partial charge is 0.496 e. The van der Waals surface area contributed by atoms with Gasteiger partial charge >= 0.3 is 0 Å². The lowest BCUT2D eigenvalue weighted by atomic mass is 9.93. The number of rotatable bonds is 5. The van der Waals surface area contributed by atoms with Crippen molar-refractivity contribution in [1.82, 2.24) is 14.4 Å². The van der Waals surface area contributed by atoms with E-state index in [1.807, 2.05) is 72.1 Å². The predicted octanol–water partition coefficient (Wildman–Crippen LogP) is 4.38. The number of carbonyl (C=O) groups excluding carboxylic acids is 1. The van der Waals surface area contributed by atoms with E-state index in [1.165, 1.54) is 0 Å². The molecule has 0 aliphatic heterocycles. The summed E-state index contributed by atoms with van der Waals surface area (Å²) in [5.74, 6) is 1.41. The first-order valence-electron chi connectivity index (χ1n) is 9.97. The fourth-order valence-corrected chi connectivity index (χ4v) is 4.05. The van der Waals surface area contributed by atoms with Gasteiger partial charge in [-0.05, 0) is 44.0 Å². The molecule has 1 aliphatic carbocycles. The maximum Gasteiger partial charge on any atom is 0.235 e. The van der Waals surface area contributed by atoms with Crippen molar-refractivity contribution in [3.05, 3.63) is 78.2 Å². The van der Waals surface area contributed by atoms with Gasteiger partial charge in [0, 0.05) is 34.9 Å². The van der Waals surface area contributed by atoms with E-state index in [1.54, 1.807) is 13.3 Å². The van der Waals surface area contributed by atoms with Gasteiger partial charge in [0.15, 0.2) is 0 Å². The number of methoxy groups -OCH3 is 1. The molecule has 6 nitrogen and oxygen atoms in total. The minimum absolute atomic E-state index is 0.00228. The van der Waals surface area contributed by atoms with Gasteiger partial charge in [-0.1, -0.05) is 30.3 Å². The average Bonchev–Trinajstić information content (AvgIpc) is 3.53. The number of ether oxygens (including phenoxy) is 1. The third-order valence-electron chi connectivity index (χ3n) is 5.84. The quantitative estimate of drug-likeness (QED) is 0.542. The lowest BCUT2D eigenvalue weighted by molar-refractivity contribution is -0.118. The van der Waals surface area contributed by atoms with Crippen molar-refractivity contribution in [2.24, 2.45) is 0 Å². The summed E-state index contributed by atoms with van der Waals surface area (Å²) in [6.07, 6.45) is 5.31. The highest BCUT2D eigenvalue weighted by Gasteiger charge is 2.52. The van der Waals surface area contributed by atoms with Gasteiger partial charge < -0.3 is 10.1 Å². The zero-order chi connectivity index (χ0) is 20.7. The number of imidazole rings is 1. The average molecular weight is 398 g/mol. The van der Waals surface area contributed by atoms with E-state index in [4.69, 9.17) is 4.74 Å². The molecule has 2 aromatic heterocycles. The van der Waals surface area contributed by atoms with Crippen LogP contribution in [0.1, 0.15) is 24.1 Å². The van der Waals surface area contributed by atoms with E-state index in [0.717, 1.165) is 46.8 Å². The molecule has 0 spiro atoms. The molecule has 0 unspecified atom stereocenters. The Morgan fingerprint density at radius 3 is 2.73 bits per heavy atom. The number of nitrogens with one attached hydrogen (secondary N) is 1. The summed E-state index contributed by atoms with van der Waals surface area (Å²) in [6.45, 7) is 2.02. The van der Waals surface area contributed by atoms with Crippen LogP contribution in [-0.4, -0.2) is 27.4 Å². The highest BCUT2D eigenvalue weighted by Crippen LogP contribution is 2.52. The van der Waals surface area contributed by atoms with Gasteiger partial charge in [0.25, 0.3) is 0 Å². The fraction of sp³-hybridized carbons (Fsp3) is 0.208. The topological polar surface area (TPSA) is 68.5 Å². The molecule has 0 radical (unpaired) electrons. The molecular weight excluding hydrogens is 376 g/mol. The van der Waals surface area contributed by atoms with Gasteiger partial charge in [0.05, 0.1) is 18.2 Å². The van der Waals surface area contributed by atoms with E-state index in [-0.39, 0.29) is 5.91 Å². The first-order chi connectivity index (χ1) is 14.6. The number of hydrogen-bond acceptors (Lipinski definition) is 4. The molecule has 30 heavy (non-hydrogen) atoms. The summed E-state index contributed by atoms with van der Waals surface area (Å²) < 4.78 is 7.45. The van der Waals surface area contributed by atoms with Crippen LogP contribution >= 0.6 is 0 Å². The van der Waals surface area contributed by atoms with Crippen LogP contribution in [0.25, 0.3) is 17.0 Å². The molecule has 1 fully saturated rings. The Morgan fingerprint density at radius 2 is 1.97 bits per heavy atom. The van der Waals surface area contributed by atoms with Gasteiger partial charge in [-0.2, -0.15) is 0 Å². The second-order valence-corrected chi connectivity index (χ2v) is 7.65. The van der Waals surface area contributed by atoms with Crippen molar-refractivity contribution >= 4 is 17.4 Å². The van der Waals surface area contributed by atoms with Crippen molar-refractivity contribution in [1.29, 1.82) is 0 Å². The number of aromatic nitrogens is 3. The van der Waals surface area contributed by atoms with E-state index in [2.05, 4.69) is 15.3 Å². The molecule has 0 saturated heterocycles. The summed E-state index contributed by atoms with van der Waals surface area (Å²) in [7, 11) is 1.64. The van der Waals surface area contributed by atoms with Crippen LogP contribution in [0.2, 0.25) is 0 Å². The van der Waals surface area contributed by atoms with Crippen LogP contribution in [0.15, 0.2) is 67.0 Å². The van der Waals surface area contributed by atoms with E-state index < -0.39 is 5.41 Å². The minimum Gasteiger partial charge on any atom is -0.496 e. The van der Waals surface area contributed by atoms with E-state index >= 15 is 0 Å². The predicted molar refractivity (Wildman–Crippen MR) is 116 cm³/mol. The molecular formula is C24H22N4O2. The van der Waals surface area contributed by atoms with Crippen molar-refractivity contribution in [3.8, 4) is 17.0 Å². The van der Waals surface area contributed by atoms with Gasteiger partial charge in [-0.25, -0.2) is 9.97 Å². The van der Waals surface area contributed by atoms with Crippen LogP contribution in [0.5, 0.6) is 5.75 Å². The molecule has 2 aromatic carbocycles. The Labute approximate surface area is 174 Å². The molecule has 0 bridgehead atoms. The molecule has 1 aliphatic rings. The first kappa shape index (κ1) is 18.4. The van der Waals surface area contributed by atoms with Gasteiger partial charge in [0.2, 0.25) is 11.7 Å². The standard InChI is InChI=1S/C24H22N4O2/c1-16-21(27-23-25-13-6-14-28(16)23)17-7-5-8-18(15-17)26-22(29)24(11-12-24)19-9-3-4-10-20(19)30-2/h3-10,13-15H,11-12H2,1-2H3,(H,26,29). The SMILES string of the molecule is COc1ccccc1C1(C(=O)Nc2cccc(-c3nc4ncccn4c3C)c2)CC1. The zero-order valence-corrected chi connectivity index (χ0v) is 16.9. The third kappa shape index (κ3) is 2.92. The molecule has 1 N–H and O–H groups in total. The van der Waals surface area contributed by atoms with Crippen molar-refractivity contribution < 1.29 is 9.53 Å². The number of aryl methyl sites for hydroxylation is 1. The Hall–Kier alpha value is -3.67. The lowest BCUT2D eigenvalue weighted by Crippen LogP contribution is -2.28. The third-order valence-corrected chi connectivity index (χ3v) is 5.84. The number of amides is 1. The highest BCUT2D eigenvalue weighted by molar-refractivity contribution is 6.02. The normalized spacial score (nSPS) is 14.5. The van der Waals surface area contributed by atoms with Crippen LogP contribution in [0.3, 0.4) is 0 Å². The molecule has 1 amide bonds. The minimum atomic E-state index is -0.522. The molecule has 150 valence electrons. The Bertz CT molecular complexity index is 1260. The number of hydrogen-bond donors (Lipinski definition) is 1. The summed E-state index contributed by atoms with van der Waals surface area (Å²) >= 11 is 0. The van der Waals surface area contributed by atoms with Crippen LogP contribution in [0, 0.1) is 6.92 Å². The fourth-order valence-electron chi connectivity index (χ4n) is 4.05. The maximum absolute atomic E-state index is 13.2. The van der Waals surface area contributed by atoms with Gasteiger partial charge in [-0.15, -0.1) is 0 Å². The number of carbonyl (C=O) groups is 1. The van der Waals surface area contributed by atoms with Crippen molar-refractivity contribution in [2.75, 3.05) is 12.4 Å². The van der Waals surface area contributed by atoms with Gasteiger partial charge in [0.1, 0.15) is 5.75 Å². The number of anilines is 1. The number of para-hydroxylation sites is 1. The second kappa shape index (κ2) is 6.99. The molecule has 5 rings (SSSR count). The van der Waals surface area contributed by atoms with Crippen LogP contribution < -0.4 is 10.1 Å².